The number of nitrogens with zero attached hydrogens (tertiary/aromatic N) is 2. The number of carbonyl (C=O) groups is 2. The lowest BCUT2D eigenvalue weighted by Crippen LogP contribution is -2.39. The fraction of sp³-hybridized carbons (Fsp3) is 0.333. The Morgan fingerprint density at radius 2 is 1.65 bits per heavy atom. The van der Waals surface area contributed by atoms with Gasteiger partial charge in [0.2, 0.25) is 0 Å². The van der Waals surface area contributed by atoms with Crippen LogP contribution in [0.4, 0.5) is 0 Å². The van der Waals surface area contributed by atoms with E-state index < -0.39 is 18.0 Å². The van der Waals surface area contributed by atoms with Gasteiger partial charge in [0.15, 0.2) is 34.4 Å². The molecule has 2 heterocycles. The van der Waals surface area contributed by atoms with Crippen molar-refractivity contribution in [1.82, 2.24) is 4.57 Å². The molecule has 0 radical (unpaired) electrons. The van der Waals surface area contributed by atoms with Crippen molar-refractivity contribution >= 4 is 41.0 Å². The first kappa shape index (κ1) is 31.6. The Morgan fingerprint density at radius 1 is 0.953 bits per heavy atom. The Balaban J connectivity index is 1.84. The third kappa shape index (κ3) is 6.86. The zero-order valence-electron chi connectivity index (χ0n) is 24.3. The predicted molar refractivity (Wildman–Crippen MR) is 160 cm³/mol. The smallest absolute Gasteiger partial charge is 0.343 e. The SMILES string of the molecule is CCOc1ccc([C@@H]2C(C(=O)OC)=CN=c3s/c(=C\c4cc(Cl)c(OCC(=O)OC)c(OCC)c4)c(=O)n32)cc1OCC. The summed E-state index contributed by atoms with van der Waals surface area (Å²) in [6, 6.07) is 7.68. The zero-order chi connectivity index (χ0) is 31.1. The molecule has 228 valence electrons. The topological polar surface area (TPSA) is 124 Å². The molecule has 1 aromatic heterocycles. The van der Waals surface area contributed by atoms with Gasteiger partial charge in [0.05, 0.1) is 55.2 Å². The molecule has 11 nitrogen and oxygen atoms in total. The molecule has 1 atom stereocenters. The molecular formula is C30H31ClN2O9S. The summed E-state index contributed by atoms with van der Waals surface area (Å²) < 4.78 is 34.2. The normalized spacial score (nSPS) is 14.2. The van der Waals surface area contributed by atoms with Crippen LogP contribution in [-0.2, 0) is 19.1 Å². The quantitative estimate of drug-likeness (QED) is 0.277. The number of benzene rings is 2. The van der Waals surface area contributed by atoms with E-state index in [9.17, 15) is 14.4 Å². The van der Waals surface area contributed by atoms with E-state index in [1.807, 2.05) is 13.8 Å². The Labute approximate surface area is 256 Å². The molecule has 1 aliphatic rings. The minimum absolute atomic E-state index is 0.177. The fourth-order valence-electron chi connectivity index (χ4n) is 4.40. The van der Waals surface area contributed by atoms with Crippen LogP contribution in [-0.4, -0.2) is 57.2 Å². The highest BCUT2D eigenvalue weighted by Crippen LogP contribution is 2.37. The first-order valence-corrected chi connectivity index (χ1v) is 14.6. The molecule has 0 amide bonds. The minimum atomic E-state index is -0.836. The van der Waals surface area contributed by atoms with Gasteiger partial charge in [-0.05, 0) is 62.2 Å². The Hall–Kier alpha value is -4.29. The third-order valence-electron chi connectivity index (χ3n) is 6.20. The number of fused-ring (bicyclic) bond motifs is 1. The lowest BCUT2D eigenvalue weighted by Gasteiger charge is -2.23. The number of hydrogen-bond acceptors (Lipinski definition) is 11. The van der Waals surface area contributed by atoms with E-state index in [0.29, 0.717) is 57.5 Å². The van der Waals surface area contributed by atoms with Crippen LogP contribution in [0.3, 0.4) is 0 Å². The van der Waals surface area contributed by atoms with E-state index in [2.05, 4.69) is 9.73 Å². The monoisotopic (exact) mass is 630 g/mol. The van der Waals surface area contributed by atoms with Crippen LogP contribution in [0.5, 0.6) is 23.0 Å². The maximum absolute atomic E-state index is 13.9. The average Bonchev–Trinajstić information content (AvgIpc) is 3.31. The average molecular weight is 631 g/mol. The molecule has 3 aromatic rings. The number of ether oxygens (including phenoxy) is 6. The molecular weight excluding hydrogens is 600 g/mol. The van der Waals surface area contributed by atoms with Gasteiger partial charge in [0.1, 0.15) is 0 Å². The predicted octanol–water partition coefficient (Wildman–Crippen LogP) is 3.42. The van der Waals surface area contributed by atoms with Crippen LogP contribution in [0.15, 0.2) is 51.9 Å². The first-order valence-electron chi connectivity index (χ1n) is 13.4. The van der Waals surface area contributed by atoms with Crippen LogP contribution in [0.25, 0.3) is 6.08 Å². The minimum Gasteiger partial charge on any atom is -0.490 e. The standard InChI is InChI=1S/C30H31ClN2O9S/c1-6-39-21-10-9-18(14-22(21)40-7-2)26-19(29(36)38-5)15-32-30-33(26)28(35)24(43-30)13-17-11-20(31)27(23(12-17)41-8-3)42-16-25(34)37-4/h9-15,26H,6-8,16H2,1-5H3/b24-13-/t26-/m1/s1. The van der Waals surface area contributed by atoms with Gasteiger partial charge < -0.3 is 28.4 Å². The van der Waals surface area contributed by atoms with Gasteiger partial charge >= 0.3 is 11.9 Å². The van der Waals surface area contributed by atoms with Crippen LogP contribution in [0, 0.1) is 0 Å². The second kappa shape index (κ2) is 14.3. The van der Waals surface area contributed by atoms with E-state index in [0.717, 1.165) is 11.3 Å². The van der Waals surface area contributed by atoms with E-state index in [1.54, 1.807) is 43.3 Å². The molecule has 4 rings (SSSR count). The van der Waals surface area contributed by atoms with Gasteiger partial charge in [-0.15, -0.1) is 0 Å². The van der Waals surface area contributed by atoms with Gasteiger partial charge in [-0.25, -0.2) is 14.6 Å². The first-order chi connectivity index (χ1) is 20.8. The molecule has 0 spiro atoms. The fourth-order valence-corrected chi connectivity index (χ4v) is 5.65. The number of halogens is 1. The molecule has 0 saturated carbocycles. The molecule has 0 saturated heterocycles. The highest BCUT2D eigenvalue weighted by Gasteiger charge is 2.31. The number of carbonyl (C=O) groups excluding carboxylic acids is 2. The molecule has 0 aliphatic carbocycles. The lowest BCUT2D eigenvalue weighted by molar-refractivity contribution is -0.143. The molecule has 2 aromatic carbocycles. The summed E-state index contributed by atoms with van der Waals surface area (Å²) in [5.74, 6) is 0.302. The highest BCUT2D eigenvalue weighted by molar-refractivity contribution is 7.07. The van der Waals surface area contributed by atoms with E-state index >= 15 is 0 Å². The van der Waals surface area contributed by atoms with Crippen molar-refractivity contribution in [3.63, 3.8) is 0 Å². The largest absolute Gasteiger partial charge is 0.490 e. The van der Waals surface area contributed by atoms with Crippen molar-refractivity contribution in [3.05, 3.63) is 77.9 Å². The Kier molecular flexibility index (Phi) is 10.5. The van der Waals surface area contributed by atoms with Crippen molar-refractivity contribution in [1.29, 1.82) is 0 Å². The van der Waals surface area contributed by atoms with Crippen LogP contribution in [0.1, 0.15) is 37.9 Å². The van der Waals surface area contributed by atoms with Crippen LogP contribution >= 0.6 is 22.9 Å². The van der Waals surface area contributed by atoms with Crippen LogP contribution in [0.2, 0.25) is 5.02 Å². The summed E-state index contributed by atoms with van der Waals surface area (Å²) in [6.45, 7) is 6.30. The van der Waals surface area contributed by atoms with Crippen LogP contribution < -0.4 is 33.8 Å². The van der Waals surface area contributed by atoms with Crippen molar-refractivity contribution in [2.75, 3.05) is 40.6 Å². The summed E-state index contributed by atoms with van der Waals surface area (Å²) >= 11 is 7.64. The lowest BCUT2D eigenvalue weighted by atomic mass is 9.97. The number of rotatable bonds is 12. The van der Waals surface area contributed by atoms with Gasteiger partial charge in [-0.1, -0.05) is 29.0 Å². The van der Waals surface area contributed by atoms with Crippen molar-refractivity contribution in [3.8, 4) is 23.0 Å². The van der Waals surface area contributed by atoms with Crippen molar-refractivity contribution in [2.24, 2.45) is 4.99 Å². The Morgan fingerprint density at radius 3 is 2.33 bits per heavy atom. The summed E-state index contributed by atoms with van der Waals surface area (Å²) in [5, 5.41) is 0.178. The molecule has 43 heavy (non-hydrogen) atoms. The second-order valence-electron chi connectivity index (χ2n) is 8.88. The molecule has 0 fully saturated rings. The molecule has 1 aliphatic heterocycles. The number of esters is 2. The Bertz CT molecular complexity index is 1730. The van der Waals surface area contributed by atoms with E-state index in [4.69, 9.17) is 35.3 Å². The molecule has 0 bridgehead atoms. The van der Waals surface area contributed by atoms with Crippen molar-refractivity contribution < 1.29 is 38.0 Å². The molecule has 0 N–H and O–H groups in total. The maximum Gasteiger partial charge on any atom is 0.343 e. The van der Waals surface area contributed by atoms with Crippen molar-refractivity contribution in [2.45, 2.75) is 26.8 Å². The van der Waals surface area contributed by atoms with Gasteiger partial charge in [0, 0.05) is 6.20 Å². The second-order valence-corrected chi connectivity index (χ2v) is 10.3. The number of aromatic nitrogens is 1. The molecule has 13 heteroatoms. The summed E-state index contributed by atoms with van der Waals surface area (Å²) in [5.41, 5.74) is 0.963. The third-order valence-corrected chi connectivity index (χ3v) is 7.48. The number of methoxy groups -OCH3 is 2. The zero-order valence-corrected chi connectivity index (χ0v) is 25.9. The summed E-state index contributed by atoms with van der Waals surface area (Å²) in [4.78, 5) is 43.1. The van der Waals surface area contributed by atoms with Gasteiger partial charge in [-0.2, -0.15) is 0 Å². The number of hydrogen-bond donors (Lipinski definition) is 0. The van der Waals surface area contributed by atoms with E-state index in [1.165, 1.54) is 25.0 Å². The van der Waals surface area contributed by atoms with Gasteiger partial charge in [-0.3, -0.25) is 9.36 Å². The maximum atomic E-state index is 13.9. The highest BCUT2D eigenvalue weighted by atomic mass is 35.5. The summed E-state index contributed by atoms with van der Waals surface area (Å²) in [7, 11) is 2.52. The van der Waals surface area contributed by atoms with E-state index in [-0.39, 0.29) is 28.5 Å². The summed E-state index contributed by atoms with van der Waals surface area (Å²) in [6.07, 6.45) is 3.06. The number of thiazole rings is 1. The molecule has 0 unspecified atom stereocenters. The van der Waals surface area contributed by atoms with Gasteiger partial charge in [0.25, 0.3) is 5.56 Å².